The number of carbonyl (C=O) groups is 2. The fraction of sp³-hybridized carbons (Fsp3) is 0.444. The van der Waals surface area contributed by atoms with Crippen molar-refractivity contribution in [2.45, 2.75) is 0 Å². The zero-order chi connectivity index (χ0) is 13.3. The van der Waals surface area contributed by atoms with Crippen molar-refractivity contribution in [2.24, 2.45) is 4.40 Å². The average Bonchev–Trinajstić information content (AvgIpc) is 2.65. The fourth-order valence-electron chi connectivity index (χ4n) is 1.60. The van der Waals surface area contributed by atoms with Gasteiger partial charge in [-0.1, -0.05) is 0 Å². The zero-order valence-electron chi connectivity index (χ0n) is 9.20. The van der Waals surface area contributed by atoms with Crippen LogP contribution in [0.3, 0.4) is 0 Å². The lowest BCUT2D eigenvalue weighted by Crippen LogP contribution is -2.43. The van der Waals surface area contributed by atoms with E-state index in [0.717, 1.165) is 6.08 Å². The van der Waals surface area contributed by atoms with Gasteiger partial charge in [-0.15, -0.1) is 0 Å². The Morgan fingerprint density at radius 3 is 2.44 bits per heavy atom. The molecule has 9 heteroatoms. The smallest absolute Gasteiger partial charge is 0.349 e. The first kappa shape index (κ1) is 12.7. The third kappa shape index (κ3) is 2.27. The molecule has 1 amide bonds. The van der Waals surface area contributed by atoms with E-state index in [1.165, 1.54) is 4.90 Å². The van der Waals surface area contributed by atoms with Gasteiger partial charge in [-0.25, -0.2) is 4.79 Å². The number of aliphatic carboxylic acids is 1. The maximum atomic E-state index is 11.9. The number of carbonyl (C=O) groups excluding carboxylic acids is 1. The molecule has 0 aromatic carbocycles. The van der Waals surface area contributed by atoms with Gasteiger partial charge in [0.1, 0.15) is 5.71 Å². The number of rotatable bonds is 2. The largest absolute Gasteiger partial charge is 0.477 e. The van der Waals surface area contributed by atoms with Crippen LogP contribution < -0.4 is 0 Å². The Balaban J connectivity index is 2.25. The predicted octanol–water partition coefficient (Wildman–Crippen LogP) is -1.40. The molecule has 0 spiro atoms. The van der Waals surface area contributed by atoms with Crippen LogP contribution in [0.15, 0.2) is 15.4 Å². The van der Waals surface area contributed by atoms with Crippen molar-refractivity contribution in [3.63, 3.8) is 0 Å². The fourth-order valence-corrected chi connectivity index (χ4v) is 2.57. The summed E-state index contributed by atoms with van der Waals surface area (Å²) in [4.78, 5) is 23.1. The Labute approximate surface area is 103 Å². The van der Waals surface area contributed by atoms with Crippen molar-refractivity contribution in [1.82, 2.24) is 4.90 Å². The van der Waals surface area contributed by atoms with Gasteiger partial charge in [0.2, 0.25) is 0 Å². The minimum absolute atomic E-state index is 0.328. The number of carboxylic acids is 1. The van der Waals surface area contributed by atoms with E-state index >= 15 is 0 Å². The highest BCUT2D eigenvalue weighted by molar-refractivity contribution is 7.95. The average molecular weight is 274 g/mol. The lowest BCUT2D eigenvalue weighted by atomic mass is 10.2. The first-order chi connectivity index (χ1) is 8.42. The summed E-state index contributed by atoms with van der Waals surface area (Å²) < 4.78 is 31.0. The highest BCUT2D eigenvalue weighted by atomic mass is 32.2. The van der Waals surface area contributed by atoms with Crippen molar-refractivity contribution in [2.75, 3.05) is 26.3 Å². The second-order valence-corrected chi connectivity index (χ2v) is 5.24. The molecule has 2 rings (SSSR count). The zero-order valence-corrected chi connectivity index (χ0v) is 10.0. The van der Waals surface area contributed by atoms with E-state index in [9.17, 15) is 18.0 Å². The van der Waals surface area contributed by atoms with Crippen LogP contribution in [-0.2, 0) is 24.3 Å². The number of sulfonamides is 1. The van der Waals surface area contributed by atoms with E-state index in [-0.39, 0.29) is 5.71 Å². The number of nitrogens with zero attached hydrogens (tertiary/aromatic N) is 2. The molecule has 0 aromatic heterocycles. The Bertz CT molecular complexity index is 556. The predicted molar refractivity (Wildman–Crippen MR) is 59.5 cm³/mol. The minimum Gasteiger partial charge on any atom is -0.477 e. The first-order valence-electron chi connectivity index (χ1n) is 5.09. The van der Waals surface area contributed by atoms with Crippen LogP contribution in [0.4, 0.5) is 0 Å². The molecule has 0 radical (unpaired) electrons. The number of hydrogen-bond acceptors (Lipinski definition) is 5. The number of ether oxygens (including phenoxy) is 1. The maximum Gasteiger partial charge on any atom is 0.349 e. The van der Waals surface area contributed by atoms with E-state index < -0.39 is 26.8 Å². The normalized spacial score (nSPS) is 22.3. The van der Waals surface area contributed by atoms with E-state index in [1.54, 1.807) is 0 Å². The van der Waals surface area contributed by atoms with Crippen molar-refractivity contribution in [3.05, 3.63) is 11.0 Å². The van der Waals surface area contributed by atoms with Crippen LogP contribution in [0.2, 0.25) is 0 Å². The standard InChI is InChI=1S/C9H10N2O6S/c12-8(11-1-3-17-4-2-11)6-5-7(9(13)14)18(15,16)10-6/h5H,1-4H2,(H,13,14). The summed E-state index contributed by atoms with van der Waals surface area (Å²) >= 11 is 0. The van der Waals surface area contributed by atoms with Crippen LogP contribution in [0, 0.1) is 0 Å². The van der Waals surface area contributed by atoms with Gasteiger partial charge in [-0.05, 0) is 6.08 Å². The summed E-state index contributed by atoms with van der Waals surface area (Å²) in [5, 5.41) is 8.69. The molecular weight excluding hydrogens is 264 g/mol. The van der Waals surface area contributed by atoms with Gasteiger partial charge in [-0.2, -0.15) is 12.8 Å². The monoisotopic (exact) mass is 274 g/mol. The van der Waals surface area contributed by atoms with Crippen LogP contribution >= 0.6 is 0 Å². The maximum absolute atomic E-state index is 11.9. The Hall–Kier alpha value is -1.74. The molecule has 98 valence electrons. The van der Waals surface area contributed by atoms with Crippen LogP contribution in [0.25, 0.3) is 0 Å². The summed E-state index contributed by atoms with van der Waals surface area (Å²) in [5.41, 5.74) is -0.366. The highest BCUT2D eigenvalue weighted by Crippen LogP contribution is 2.18. The molecule has 18 heavy (non-hydrogen) atoms. The molecule has 0 saturated carbocycles. The van der Waals surface area contributed by atoms with Gasteiger partial charge in [0.25, 0.3) is 15.9 Å². The summed E-state index contributed by atoms with van der Waals surface area (Å²) in [6.07, 6.45) is 0.787. The second-order valence-electron chi connectivity index (χ2n) is 3.67. The van der Waals surface area contributed by atoms with Crippen LogP contribution in [0.5, 0.6) is 0 Å². The molecule has 1 saturated heterocycles. The molecule has 0 atom stereocenters. The van der Waals surface area contributed by atoms with Crippen molar-refractivity contribution < 1.29 is 27.9 Å². The van der Waals surface area contributed by atoms with Crippen molar-refractivity contribution in [1.29, 1.82) is 0 Å². The minimum atomic E-state index is -4.25. The molecular formula is C9H10N2O6S. The molecule has 0 bridgehead atoms. The number of carboxylic acid groups (broad SMARTS) is 1. The van der Waals surface area contributed by atoms with Crippen molar-refractivity contribution >= 4 is 27.6 Å². The summed E-state index contributed by atoms with van der Waals surface area (Å²) in [6.45, 7) is 1.38. The van der Waals surface area contributed by atoms with E-state index in [0.29, 0.717) is 26.3 Å². The number of morpholine rings is 1. The third-order valence-electron chi connectivity index (χ3n) is 2.49. The molecule has 0 aliphatic carbocycles. The van der Waals surface area contributed by atoms with Crippen LogP contribution in [0.1, 0.15) is 0 Å². The van der Waals surface area contributed by atoms with Gasteiger partial charge in [0.15, 0.2) is 4.91 Å². The first-order valence-corrected chi connectivity index (χ1v) is 6.53. The molecule has 2 aliphatic heterocycles. The molecule has 2 heterocycles. The molecule has 0 aromatic rings. The molecule has 0 unspecified atom stereocenters. The lowest BCUT2D eigenvalue weighted by molar-refractivity contribution is -0.131. The highest BCUT2D eigenvalue weighted by Gasteiger charge is 2.34. The lowest BCUT2D eigenvalue weighted by Gasteiger charge is -2.26. The number of hydrogen-bond donors (Lipinski definition) is 1. The van der Waals surface area contributed by atoms with Crippen LogP contribution in [-0.4, -0.2) is 62.3 Å². The van der Waals surface area contributed by atoms with Crippen molar-refractivity contribution in [3.8, 4) is 0 Å². The van der Waals surface area contributed by atoms with Gasteiger partial charge in [-0.3, -0.25) is 4.79 Å². The third-order valence-corrected chi connectivity index (χ3v) is 3.78. The molecule has 1 N–H and O–H groups in total. The van der Waals surface area contributed by atoms with Gasteiger partial charge in [0.05, 0.1) is 13.2 Å². The summed E-state index contributed by atoms with van der Waals surface area (Å²) in [7, 11) is -4.25. The van der Waals surface area contributed by atoms with Gasteiger partial charge in [0, 0.05) is 13.1 Å². The Kier molecular flexibility index (Phi) is 3.18. The summed E-state index contributed by atoms with van der Waals surface area (Å²) in [5.74, 6) is -2.22. The van der Waals surface area contributed by atoms with Gasteiger partial charge >= 0.3 is 5.97 Å². The molecule has 8 nitrogen and oxygen atoms in total. The molecule has 2 aliphatic rings. The quantitative estimate of drug-likeness (QED) is 0.662. The SMILES string of the molecule is O=C(O)C1=CC(C(=O)N2CCOCC2)=NS1(=O)=O. The topological polar surface area (TPSA) is 113 Å². The van der Waals surface area contributed by atoms with Gasteiger partial charge < -0.3 is 14.7 Å². The Morgan fingerprint density at radius 1 is 1.33 bits per heavy atom. The summed E-state index contributed by atoms with van der Waals surface area (Å²) in [6, 6.07) is 0. The Morgan fingerprint density at radius 2 is 1.94 bits per heavy atom. The van der Waals surface area contributed by atoms with E-state index in [2.05, 4.69) is 4.40 Å². The van der Waals surface area contributed by atoms with E-state index in [1.807, 2.05) is 0 Å². The van der Waals surface area contributed by atoms with E-state index in [4.69, 9.17) is 9.84 Å². The number of amides is 1. The molecule has 1 fully saturated rings. The second kappa shape index (κ2) is 4.50.